The summed E-state index contributed by atoms with van der Waals surface area (Å²) in [7, 11) is 0. The molecule has 1 fully saturated rings. The lowest BCUT2D eigenvalue weighted by Gasteiger charge is -2.14. The third kappa shape index (κ3) is 3.40. The quantitative estimate of drug-likeness (QED) is 0.921. The third-order valence-corrected chi connectivity index (χ3v) is 3.87. The molecule has 1 aliphatic heterocycles. The number of halogens is 1. The summed E-state index contributed by atoms with van der Waals surface area (Å²) >= 11 is 7.23. The number of amides is 2. The fourth-order valence-electron chi connectivity index (χ4n) is 1.63. The van der Waals surface area contributed by atoms with Gasteiger partial charge in [-0.15, -0.1) is 0 Å². The van der Waals surface area contributed by atoms with Crippen molar-refractivity contribution in [1.29, 1.82) is 0 Å². The molecule has 1 heterocycles. The molecule has 0 saturated carbocycles. The Morgan fingerprint density at radius 2 is 2.22 bits per heavy atom. The van der Waals surface area contributed by atoms with Crippen LogP contribution in [0.4, 0.5) is 4.79 Å². The van der Waals surface area contributed by atoms with E-state index < -0.39 is 0 Å². The number of thioether (sulfide) groups is 1. The first-order valence-electron chi connectivity index (χ1n) is 5.58. The molecule has 1 saturated heterocycles. The molecule has 1 aromatic rings. The van der Waals surface area contributed by atoms with E-state index in [2.05, 4.69) is 5.32 Å². The SMILES string of the molecule is O=C(CN1CCSC1=O)NCc1ccccc1Cl. The van der Waals surface area contributed by atoms with Gasteiger partial charge in [0.15, 0.2) is 0 Å². The Morgan fingerprint density at radius 1 is 1.44 bits per heavy atom. The average molecular weight is 285 g/mol. The van der Waals surface area contributed by atoms with Crippen molar-refractivity contribution in [3.05, 3.63) is 34.9 Å². The molecule has 2 amide bonds. The predicted octanol–water partition coefficient (Wildman–Crippen LogP) is 2.12. The Bertz CT molecular complexity index is 467. The lowest BCUT2D eigenvalue weighted by molar-refractivity contribution is -0.121. The van der Waals surface area contributed by atoms with Crippen LogP contribution in [0.2, 0.25) is 5.02 Å². The van der Waals surface area contributed by atoms with Gasteiger partial charge in [0.1, 0.15) is 6.54 Å². The molecule has 0 aromatic heterocycles. The number of benzene rings is 1. The molecule has 1 aliphatic rings. The Morgan fingerprint density at radius 3 is 2.89 bits per heavy atom. The van der Waals surface area contributed by atoms with Crippen molar-refractivity contribution >= 4 is 34.5 Å². The molecule has 0 radical (unpaired) electrons. The summed E-state index contributed by atoms with van der Waals surface area (Å²) in [6.45, 7) is 1.15. The highest BCUT2D eigenvalue weighted by Crippen LogP contribution is 2.17. The van der Waals surface area contributed by atoms with E-state index in [1.165, 1.54) is 11.8 Å². The summed E-state index contributed by atoms with van der Waals surface area (Å²) in [4.78, 5) is 24.5. The second-order valence-corrected chi connectivity index (χ2v) is 5.36. The van der Waals surface area contributed by atoms with E-state index in [1.54, 1.807) is 11.0 Å². The van der Waals surface area contributed by atoms with E-state index in [-0.39, 0.29) is 17.7 Å². The number of carbonyl (C=O) groups is 2. The number of carbonyl (C=O) groups excluding carboxylic acids is 2. The Kier molecular flexibility index (Phi) is 4.49. The van der Waals surface area contributed by atoms with Crippen molar-refractivity contribution in [1.82, 2.24) is 10.2 Å². The van der Waals surface area contributed by atoms with Crippen molar-refractivity contribution < 1.29 is 9.59 Å². The van der Waals surface area contributed by atoms with E-state index in [9.17, 15) is 9.59 Å². The molecule has 0 unspecified atom stereocenters. The van der Waals surface area contributed by atoms with Crippen LogP contribution in [0.15, 0.2) is 24.3 Å². The van der Waals surface area contributed by atoms with Crippen molar-refractivity contribution in [2.75, 3.05) is 18.8 Å². The molecule has 0 atom stereocenters. The monoisotopic (exact) mass is 284 g/mol. The van der Waals surface area contributed by atoms with Crippen LogP contribution in [0.1, 0.15) is 5.56 Å². The van der Waals surface area contributed by atoms with E-state index >= 15 is 0 Å². The first-order valence-corrected chi connectivity index (χ1v) is 6.95. The van der Waals surface area contributed by atoms with Gasteiger partial charge >= 0.3 is 0 Å². The van der Waals surface area contributed by atoms with Gasteiger partial charge in [-0.05, 0) is 11.6 Å². The van der Waals surface area contributed by atoms with Gasteiger partial charge in [-0.2, -0.15) is 0 Å². The molecule has 1 N–H and O–H groups in total. The van der Waals surface area contributed by atoms with Crippen LogP contribution < -0.4 is 5.32 Å². The van der Waals surface area contributed by atoms with Crippen molar-refractivity contribution in [2.24, 2.45) is 0 Å². The normalized spacial score (nSPS) is 14.9. The molecular weight excluding hydrogens is 272 g/mol. The molecule has 96 valence electrons. The van der Waals surface area contributed by atoms with Gasteiger partial charge in [-0.25, -0.2) is 0 Å². The highest BCUT2D eigenvalue weighted by molar-refractivity contribution is 8.13. The van der Waals surface area contributed by atoms with Crippen LogP contribution in [0.25, 0.3) is 0 Å². The number of nitrogens with one attached hydrogen (secondary N) is 1. The highest BCUT2D eigenvalue weighted by Gasteiger charge is 2.22. The zero-order valence-electron chi connectivity index (χ0n) is 9.69. The molecule has 1 aromatic carbocycles. The molecule has 2 rings (SSSR count). The van der Waals surface area contributed by atoms with E-state index in [1.807, 2.05) is 18.2 Å². The van der Waals surface area contributed by atoms with Gasteiger partial charge in [0.05, 0.1) is 0 Å². The minimum absolute atomic E-state index is 0.0251. The lowest BCUT2D eigenvalue weighted by Crippen LogP contribution is -2.36. The largest absolute Gasteiger partial charge is 0.350 e. The van der Waals surface area contributed by atoms with E-state index in [0.717, 1.165) is 11.3 Å². The lowest BCUT2D eigenvalue weighted by atomic mass is 10.2. The fraction of sp³-hybridized carbons (Fsp3) is 0.333. The van der Waals surface area contributed by atoms with Crippen LogP contribution in [-0.4, -0.2) is 34.9 Å². The van der Waals surface area contributed by atoms with Crippen LogP contribution in [0, 0.1) is 0 Å². The summed E-state index contributed by atoms with van der Waals surface area (Å²) in [6.07, 6.45) is 0. The Labute approximate surface area is 115 Å². The minimum Gasteiger partial charge on any atom is -0.350 e. The Balaban J connectivity index is 1.82. The molecule has 0 spiro atoms. The molecule has 0 aliphatic carbocycles. The Hall–Kier alpha value is -1.20. The summed E-state index contributed by atoms with van der Waals surface area (Å²) < 4.78 is 0. The summed E-state index contributed by atoms with van der Waals surface area (Å²) in [5.74, 6) is 0.599. The fourth-order valence-corrected chi connectivity index (χ4v) is 2.66. The molecule has 4 nitrogen and oxygen atoms in total. The topological polar surface area (TPSA) is 49.4 Å². The number of nitrogens with zero attached hydrogens (tertiary/aromatic N) is 1. The third-order valence-electron chi connectivity index (χ3n) is 2.61. The van der Waals surface area contributed by atoms with Crippen LogP contribution in [0.3, 0.4) is 0 Å². The number of hydrogen-bond acceptors (Lipinski definition) is 3. The zero-order valence-corrected chi connectivity index (χ0v) is 11.3. The van der Waals surface area contributed by atoms with E-state index in [0.29, 0.717) is 18.1 Å². The smallest absolute Gasteiger partial charge is 0.282 e. The second kappa shape index (κ2) is 6.11. The average Bonchev–Trinajstić information content (AvgIpc) is 2.74. The molecular formula is C12H13ClN2O2S. The molecule has 6 heteroatoms. The van der Waals surface area contributed by atoms with Crippen LogP contribution in [-0.2, 0) is 11.3 Å². The number of hydrogen-bond donors (Lipinski definition) is 1. The minimum atomic E-state index is -0.161. The standard InChI is InChI=1S/C12H13ClN2O2S/c13-10-4-2-1-3-9(10)7-14-11(16)8-15-5-6-18-12(15)17/h1-4H,5-8H2,(H,14,16). The molecule has 0 bridgehead atoms. The van der Waals surface area contributed by atoms with Crippen molar-refractivity contribution in [3.63, 3.8) is 0 Å². The van der Waals surface area contributed by atoms with Crippen LogP contribution >= 0.6 is 23.4 Å². The number of rotatable bonds is 4. The van der Waals surface area contributed by atoms with Gasteiger partial charge < -0.3 is 10.2 Å². The summed E-state index contributed by atoms with van der Waals surface area (Å²) in [6, 6.07) is 7.35. The summed E-state index contributed by atoms with van der Waals surface area (Å²) in [5.41, 5.74) is 0.870. The van der Waals surface area contributed by atoms with Gasteiger partial charge in [0, 0.05) is 23.9 Å². The summed E-state index contributed by atoms with van der Waals surface area (Å²) in [5, 5.41) is 3.37. The zero-order chi connectivity index (χ0) is 13.0. The first-order chi connectivity index (χ1) is 8.66. The van der Waals surface area contributed by atoms with Gasteiger partial charge in [0.25, 0.3) is 5.24 Å². The maximum atomic E-state index is 11.7. The second-order valence-electron chi connectivity index (χ2n) is 3.90. The molecule has 18 heavy (non-hydrogen) atoms. The van der Waals surface area contributed by atoms with Crippen LogP contribution in [0.5, 0.6) is 0 Å². The maximum Gasteiger partial charge on any atom is 0.282 e. The predicted molar refractivity (Wildman–Crippen MR) is 72.7 cm³/mol. The maximum absolute atomic E-state index is 11.7. The van der Waals surface area contributed by atoms with E-state index in [4.69, 9.17) is 11.6 Å². The van der Waals surface area contributed by atoms with Gasteiger partial charge in [-0.3, -0.25) is 9.59 Å². The van der Waals surface area contributed by atoms with Crippen molar-refractivity contribution in [2.45, 2.75) is 6.54 Å². The van der Waals surface area contributed by atoms with Crippen molar-refractivity contribution in [3.8, 4) is 0 Å². The van der Waals surface area contributed by atoms with Gasteiger partial charge in [-0.1, -0.05) is 41.6 Å². The highest BCUT2D eigenvalue weighted by atomic mass is 35.5. The van der Waals surface area contributed by atoms with Gasteiger partial charge in [0.2, 0.25) is 5.91 Å². The first kappa shape index (κ1) is 13.2.